The summed E-state index contributed by atoms with van der Waals surface area (Å²) in [5, 5.41) is 15.1. The zero-order valence-electron chi connectivity index (χ0n) is 13.6. The van der Waals surface area contributed by atoms with Crippen molar-refractivity contribution in [3.05, 3.63) is 0 Å². The van der Waals surface area contributed by atoms with Gasteiger partial charge in [0.1, 0.15) is 5.54 Å². The summed E-state index contributed by atoms with van der Waals surface area (Å²) in [4.78, 5) is 23.7. The van der Waals surface area contributed by atoms with Gasteiger partial charge in [-0.25, -0.2) is 9.59 Å². The molecule has 2 amide bonds. The van der Waals surface area contributed by atoms with Gasteiger partial charge in [-0.1, -0.05) is 46.0 Å². The number of carboxylic acid groups (broad SMARTS) is 1. The van der Waals surface area contributed by atoms with Gasteiger partial charge in [-0.15, -0.1) is 0 Å². The van der Waals surface area contributed by atoms with Crippen LogP contribution in [-0.4, -0.2) is 28.7 Å². The summed E-state index contributed by atoms with van der Waals surface area (Å²) in [6, 6.07) is -0.279. The maximum absolute atomic E-state index is 12.1. The quantitative estimate of drug-likeness (QED) is 0.631. The van der Waals surface area contributed by atoms with Gasteiger partial charge in [-0.2, -0.15) is 0 Å². The molecule has 0 saturated heterocycles. The molecular formula is C16H30N2O3. The molecule has 0 aliphatic heterocycles. The van der Waals surface area contributed by atoms with Crippen molar-refractivity contribution in [1.29, 1.82) is 0 Å². The predicted molar refractivity (Wildman–Crippen MR) is 83.3 cm³/mol. The number of carbonyl (C=O) groups excluding carboxylic acids is 1. The van der Waals surface area contributed by atoms with Crippen molar-refractivity contribution in [2.75, 3.05) is 0 Å². The zero-order chi connectivity index (χ0) is 15.9. The van der Waals surface area contributed by atoms with Crippen LogP contribution in [0.3, 0.4) is 0 Å². The Hall–Kier alpha value is -1.26. The monoisotopic (exact) mass is 298 g/mol. The van der Waals surface area contributed by atoms with E-state index in [2.05, 4.69) is 17.6 Å². The Morgan fingerprint density at radius 1 is 1.38 bits per heavy atom. The summed E-state index contributed by atoms with van der Waals surface area (Å²) in [6.07, 6.45) is 7.23. The fourth-order valence-corrected chi connectivity index (χ4v) is 3.16. The molecule has 0 aromatic carbocycles. The van der Waals surface area contributed by atoms with E-state index < -0.39 is 11.5 Å². The first-order chi connectivity index (χ1) is 9.89. The van der Waals surface area contributed by atoms with Crippen molar-refractivity contribution in [3.63, 3.8) is 0 Å². The van der Waals surface area contributed by atoms with Gasteiger partial charge in [0.15, 0.2) is 0 Å². The molecule has 1 saturated carbocycles. The van der Waals surface area contributed by atoms with E-state index in [1.807, 2.05) is 13.8 Å². The van der Waals surface area contributed by atoms with Gasteiger partial charge < -0.3 is 15.7 Å². The second-order valence-electron chi connectivity index (χ2n) is 6.58. The van der Waals surface area contributed by atoms with Gasteiger partial charge in [0.25, 0.3) is 0 Å². The number of rotatable bonds is 7. The molecular weight excluding hydrogens is 268 g/mol. The molecule has 1 rings (SSSR count). The van der Waals surface area contributed by atoms with Crippen LogP contribution >= 0.6 is 0 Å². The second-order valence-corrected chi connectivity index (χ2v) is 6.58. The highest BCUT2D eigenvalue weighted by atomic mass is 16.4. The lowest BCUT2D eigenvalue weighted by molar-refractivity contribution is -0.146. The molecule has 5 nitrogen and oxygen atoms in total. The molecule has 0 radical (unpaired) electrons. The fraction of sp³-hybridized carbons (Fsp3) is 0.875. The van der Waals surface area contributed by atoms with E-state index in [1.54, 1.807) is 0 Å². The molecule has 3 atom stereocenters. The Morgan fingerprint density at radius 3 is 2.67 bits per heavy atom. The SMILES string of the molecule is CCCCCC(C)NC(=O)NC1(C(=O)O)CCCC(C)C1. The van der Waals surface area contributed by atoms with E-state index in [9.17, 15) is 14.7 Å². The molecule has 3 N–H and O–H groups in total. The van der Waals surface area contributed by atoms with Gasteiger partial charge in [-0.05, 0) is 32.1 Å². The van der Waals surface area contributed by atoms with E-state index in [-0.39, 0.29) is 12.1 Å². The largest absolute Gasteiger partial charge is 0.480 e. The van der Waals surface area contributed by atoms with E-state index >= 15 is 0 Å². The summed E-state index contributed by atoms with van der Waals surface area (Å²) >= 11 is 0. The van der Waals surface area contributed by atoms with Crippen LogP contribution in [0.25, 0.3) is 0 Å². The van der Waals surface area contributed by atoms with Crippen LogP contribution in [0.4, 0.5) is 4.79 Å². The van der Waals surface area contributed by atoms with Crippen LogP contribution in [-0.2, 0) is 4.79 Å². The lowest BCUT2D eigenvalue weighted by Gasteiger charge is -2.37. The Labute approximate surface area is 127 Å². The van der Waals surface area contributed by atoms with Crippen molar-refractivity contribution in [3.8, 4) is 0 Å². The Morgan fingerprint density at radius 2 is 2.10 bits per heavy atom. The van der Waals surface area contributed by atoms with Crippen molar-refractivity contribution >= 4 is 12.0 Å². The third kappa shape index (κ3) is 5.56. The summed E-state index contributed by atoms with van der Waals surface area (Å²) in [7, 11) is 0. The first-order valence-electron chi connectivity index (χ1n) is 8.21. The molecule has 21 heavy (non-hydrogen) atoms. The highest BCUT2D eigenvalue weighted by Gasteiger charge is 2.43. The van der Waals surface area contributed by atoms with Crippen LogP contribution in [0.5, 0.6) is 0 Å². The van der Waals surface area contributed by atoms with Crippen molar-refractivity contribution < 1.29 is 14.7 Å². The predicted octanol–water partition coefficient (Wildman–Crippen LogP) is 3.29. The number of carbonyl (C=O) groups is 2. The molecule has 1 fully saturated rings. The van der Waals surface area contributed by atoms with Crippen LogP contribution in [0.1, 0.15) is 72.1 Å². The van der Waals surface area contributed by atoms with Crippen LogP contribution in [0.15, 0.2) is 0 Å². The zero-order valence-corrected chi connectivity index (χ0v) is 13.6. The summed E-state index contributed by atoms with van der Waals surface area (Å²) in [5.41, 5.74) is -1.09. The summed E-state index contributed by atoms with van der Waals surface area (Å²) in [5.74, 6) is -0.583. The van der Waals surface area contributed by atoms with E-state index in [0.717, 1.165) is 38.5 Å². The minimum Gasteiger partial charge on any atom is -0.480 e. The average molecular weight is 298 g/mol. The first kappa shape index (κ1) is 17.8. The molecule has 1 aliphatic rings. The van der Waals surface area contributed by atoms with Crippen LogP contribution in [0, 0.1) is 5.92 Å². The number of hydrogen-bond acceptors (Lipinski definition) is 2. The topological polar surface area (TPSA) is 78.4 Å². The number of carboxylic acids is 1. The summed E-state index contributed by atoms with van der Waals surface area (Å²) in [6.45, 7) is 6.15. The first-order valence-corrected chi connectivity index (χ1v) is 8.21. The third-order valence-corrected chi connectivity index (χ3v) is 4.38. The van der Waals surface area contributed by atoms with Crippen LogP contribution < -0.4 is 10.6 Å². The normalized spacial score (nSPS) is 26.9. The minimum absolute atomic E-state index is 0.0726. The molecule has 3 unspecified atom stereocenters. The molecule has 1 aliphatic carbocycles. The van der Waals surface area contributed by atoms with Crippen LogP contribution in [0.2, 0.25) is 0 Å². The number of nitrogens with one attached hydrogen (secondary N) is 2. The standard InChI is InChI=1S/C16H30N2O3/c1-4-5-6-9-13(3)17-15(21)18-16(14(19)20)10-7-8-12(2)11-16/h12-13H,4-11H2,1-3H3,(H,19,20)(H2,17,18,21). The van der Waals surface area contributed by atoms with E-state index in [0.29, 0.717) is 18.8 Å². The molecule has 0 heterocycles. The van der Waals surface area contributed by atoms with E-state index in [4.69, 9.17) is 0 Å². The number of hydrogen-bond donors (Lipinski definition) is 3. The fourth-order valence-electron chi connectivity index (χ4n) is 3.16. The lowest BCUT2D eigenvalue weighted by atomic mass is 9.76. The smallest absolute Gasteiger partial charge is 0.329 e. The maximum Gasteiger partial charge on any atom is 0.329 e. The minimum atomic E-state index is -1.09. The lowest BCUT2D eigenvalue weighted by Crippen LogP contribution is -2.59. The van der Waals surface area contributed by atoms with Crippen molar-refractivity contribution in [2.45, 2.75) is 83.7 Å². The summed E-state index contributed by atoms with van der Waals surface area (Å²) < 4.78 is 0. The maximum atomic E-state index is 12.1. The van der Waals surface area contributed by atoms with Gasteiger partial charge >= 0.3 is 12.0 Å². The number of urea groups is 1. The number of amides is 2. The molecule has 0 bridgehead atoms. The highest BCUT2D eigenvalue weighted by molar-refractivity contribution is 5.86. The number of unbranched alkanes of at least 4 members (excludes halogenated alkanes) is 2. The van der Waals surface area contributed by atoms with Gasteiger partial charge in [0.2, 0.25) is 0 Å². The molecule has 0 aromatic heterocycles. The Balaban J connectivity index is 2.51. The van der Waals surface area contributed by atoms with Crippen molar-refractivity contribution in [1.82, 2.24) is 10.6 Å². The van der Waals surface area contributed by atoms with Gasteiger partial charge in [-0.3, -0.25) is 0 Å². The second kappa shape index (κ2) is 8.25. The highest BCUT2D eigenvalue weighted by Crippen LogP contribution is 2.32. The molecule has 0 aromatic rings. The van der Waals surface area contributed by atoms with Crippen molar-refractivity contribution in [2.24, 2.45) is 5.92 Å². The number of aliphatic carboxylic acids is 1. The Kier molecular flexibility index (Phi) is 6.99. The Bertz CT molecular complexity index is 359. The van der Waals surface area contributed by atoms with Gasteiger partial charge in [0, 0.05) is 6.04 Å². The molecule has 0 spiro atoms. The molecule has 5 heteroatoms. The van der Waals surface area contributed by atoms with Gasteiger partial charge in [0.05, 0.1) is 0 Å². The van der Waals surface area contributed by atoms with E-state index in [1.165, 1.54) is 0 Å². The average Bonchev–Trinajstić information content (AvgIpc) is 2.38. The molecule has 122 valence electrons. The third-order valence-electron chi connectivity index (χ3n) is 4.38.